The summed E-state index contributed by atoms with van der Waals surface area (Å²) in [5, 5.41) is 0. The molecule has 0 fully saturated rings. The molecule has 0 aliphatic heterocycles. The van der Waals surface area contributed by atoms with Crippen LogP contribution in [0.5, 0.6) is 0 Å². The predicted octanol–water partition coefficient (Wildman–Crippen LogP) is 5.81. The maximum Gasteiger partial charge on any atom is 0.279 e. The van der Waals surface area contributed by atoms with E-state index >= 15 is 0 Å². The first kappa shape index (κ1) is 18.3. The number of hydrogen-bond donors (Lipinski definition) is 0. The number of carbonyl (C=O) groups excluding carboxylic acids is 1. The van der Waals surface area contributed by atoms with E-state index < -0.39 is 0 Å². The van der Waals surface area contributed by atoms with Gasteiger partial charge in [0.25, 0.3) is 5.91 Å². The van der Waals surface area contributed by atoms with Gasteiger partial charge in [-0.2, -0.15) is 4.99 Å². The van der Waals surface area contributed by atoms with Crippen LogP contribution in [0.2, 0.25) is 0 Å². The van der Waals surface area contributed by atoms with Crippen molar-refractivity contribution in [2.24, 2.45) is 4.99 Å². The number of nitrogens with zero attached hydrogens (tertiary/aromatic N) is 2. The van der Waals surface area contributed by atoms with Crippen LogP contribution in [0.1, 0.15) is 22.2 Å². The molecule has 0 aliphatic rings. The number of aromatic nitrogens is 1. The highest BCUT2D eigenvalue weighted by Gasteiger charge is 2.13. The van der Waals surface area contributed by atoms with Crippen LogP contribution in [0.25, 0.3) is 11.3 Å². The summed E-state index contributed by atoms with van der Waals surface area (Å²) in [5.74, 6) is -0.224. The van der Waals surface area contributed by atoms with Crippen LogP contribution in [0.3, 0.4) is 0 Å². The molecule has 0 bridgehead atoms. The van der Waals surface area contributed by atoms with Crippen molar-refractivity contribution in [3.8, 4) is 11.3 Å². The highest BCUT2D eigenvalue weighted by atomic mass is 79.9. The molecule has 1 aromatic heterocycles. The highest BCUT2D eigenvalue weighted by molar-refractivity contribution is 9.10. The van der Waals surface area contributed by atoms with Gasteiger partial charge in [0.15, 0.2) is 4.80 Å². The van der Waals surface area contributed by atoms with Crippen molar-refractivity contribution in [3.63, 3.8) is 0 Å². The molecule has 3 aromatic rings. The molecule has 128 valence electrons. The Morgan fingerprint density at radius 2 is 1.60 bits per heavy atom. The molecular formula is C19H16Br2N2OS. The topological polar surface area (TPSA) is 34.4 Å². The smallest absolute Gasteiger partial charge is 0.279 e. The van der Waals surface area contributed by atoms with E-state index in [2.05, 4.69) is 67.4 Å². The standard InChI is InChI=1S/C19H16Br2N2OS/c1-3-23-17(13-4-8-15(20)9-5-13)12(2)25-19(23)22-18(24)14-6-10-16(21)11-7-14/h4-11H,3H2,1-2H3. The number of thiazole rings is 1. The zero-order valence-electron chi connectivity index (χ0n) is 13.8. The summed E-state index contributed by atoms with van der Waals surface area (Å²) in [7, 11) is 0. The van der Waals surface area contributed by atoms with Crippen LogP contribution < -0.4 is 4.80 Å². The normalized spacial score (nSPS) is 11.8. The lowest BCUT2D eigenvalue weighted by molar-refractivity contribution is 0.0998. The van der Waals surface area contributed by atoms with Crippen LogP contribution in [-0.2, 0) is 6.54 Å². The molecule has 6 heteroatoms. The second-order valence-corrected chi connectivity index (χ2v) is 8.48. The van der Waals surface area contributed by atoms with Crippen molar-refractivity contribution in [2.45, 2.75) is 20.4 Å². The Morgan fingerprint density at radius 1 is 1.04 bits per heavy atom. The zero-order valence-corrected chi connectivity index (χ0v) is 17.8. The van der Waals surface area contributed by atoms with Crippen LogP contribution in [0.15, 0.2) is 62.5 Å². The molecule has 25 heavy (non-hydrogen) atoms. The van der Waals surface area contributed by atoms with E-state index in [9.17, 15) is 4.79 Å². The van der Waals surface area contributed by atoms with Gasteiger partial charge in [-0.25, -0.2) is 0 Å². The molecule has 0 saturated heterocycles. The van der Waals surface area contributed by atoms with Gasteiger partial charge in [-0.15, -0.1) is 11.3 Å². The van der Waals surface area contributed by atoms with Gasteiger partial charge < -0.3 is 4.57 Å². The summed E-state index contributed by atoms with van der Waals surface area (Å²) < 4.78 is 4.08. The molecule has 0 unspecified atom stereocenters. The Hall–Kier alpha value is -1.50. The average Bonchev–Trinajstić information content (AvgIpc) is 2.91. The Morgan fingerprint density at radius 3 is 2.16 bits per heavy atom. The first-order valence-corrected chi connectivity index (χ1v) is 10.2. The Balaban J connectivity index is 2.08. The molecule has 1 heterocycles. The molecule has 0 N–H and O–H groups in total. The second kappa shape index (κ2) is 7.81. The van der Waals surface area contributed by atoms with Crippen LogP contribution in [-0.4, -0.2) is 10.5 Å². The van der Waals surface area contributed by atoms with Crippen molar-refractivity contribution >= 4 is 49.1 Å². The van der Waals surface area contributed by atoms with E-state index in [4.69, 9.17) is 0 Å². The fraction of sp³-hybridized carbons (Fsp3) is 0.158. The molecule has 0 aliphatic carbocycles. The third kappa shape index (κ3) is 4.02. The number of carbonyl (C=O) groups is 1. The SMILES string of the molecule is CCn1c(-c2ccc(Br)cc2)c(C)sc1=NC(=O)c1ccc(Br)cc1. The van der Waals surface area contributed by atoms with Gasteiger partial charge in [0.05, 0.1) is 5.69 Å². The van der Waals surface area contributed by atoms with E-state index in [1.165, 1.54) is 0 Å². The van der Waals surface area contributed by atoms with E-state index in [-0.39, 0.29) is 5.91 Å². The monoisotopic (exact) mass is 478 g/mol. The van der Waals surface area contributed by atoms with Crippen molar-refractivity contribution in [2.75, 3.05) is 0 Å². The Bertz CT molecular complexity index is 970. The minimum atomic E-state index is -0.224. The van der Waals surface area contributed by atoms with E-state index in [0.717, 1.165) is 36.4 Å². The summed E-state index contributed by atoms with van der Waals surface area (Å²) in [6, 6.07) is 15.5. The lowest BCUT2D eigenvalue weighted by Crippen LogP contribution is -2.17. The van der Waals surface area contributed by atoms with Crippen LogP contribution in [0, 0.1) is 6.92 Å². The fourth-order valence-corrected chi connectivity index (χ4v) is 4.20. The molecule has 2 aromatic carbocycles. The van der Waals surface area contributed by atoms with Gasteiger partial charge in [0.2, 0.25) is 0 Å². The van der Waals surface area contributed by atoms with Gasteiger partial charge in [0.1, 0.15) is 0 Å². The molecule has 0 atom stereocenters. The molecule has 3 nitrogen and oxygen atoms in total. The van der Waals surface area contributed by atoms with Crippen molar-refractivity contribution in [1.29, 1.82) is 0 Å². The number of amides is 1. The van der Waals surface area contributed by atoms with Gasteiger partial charge in [0, 0.05) is 25.9 Å². The lowest BCUT2D eigenvalue weighted by atomic mass is 10.1. The number of benzene rings is 2. The highest BCUT2D eigenvalue weighted by Crippen LogP contribution is 2.26. The quantitative estimate of drug-likeness (QED) is 0.466. The van der Waals surface area contributed by atoms with Crippen molar-refractivity contribution in [3.05, 3.63) is 72.7 Å². The van der Waals surface area contributed by atoms with E-state index in [1.54, 1.807) is 23.5 Å². The average molecular weight is 480 g/mol. The summed E-state index contributed by atoms with van der Waals surface area (Å²) in [6.07, 6.45) is 0. The van der Waals surface area contributed by atoms with Gasteiger partial charge in [-0.05, 0) is 55.8 Å². The van der Waals surface area contributed by atoms with Gasteiger partial charge in [-0.3, -0.25) is 4.79 Å². The maximum absolute atomic E-state index is 12.5. The van der Waals surface area contributed by atoms with E-state index in [1.807, 2.05) is 24.3 Å². The summed E-state index contributed by atoms with van der Waals surface area (Å²) in [4.78, 5) is 18.7. The minimum absolute atomic E-state index is 0.224. The molecule has 3 rings (SSSR count). The third-order valence-corrected chi connectivity index (χ3v) is 5.85. The molecule has 0 radical (unpaired) electrons. The predicted molar refractivity (Wildman–Crippen MR) is 110 cm³/mol. The van der Waals surface area contributed by atoms with Crippen LogP contribution in [0.4, 0.5) is 0 Å². The van der Waals surface area contributed by atoms with Crippen LogP contribution >= 0.6 is 43.2 Å². The number of aryl methyl sites for hydroxylation is 1. The third-order valence-electron chi connectivity index (χ3n) is 3.80. The number of hydrogen-bond acceptors (Lipinski definition) is 2. The van der Waals surface area contributed by atoms with Gasteiger partial charge >= 0.3 is 0 Å². The fourth-order valence-electron chi connectivity index (χ4n) is 2.61. The molecule has 1 amide bonds. The zero-order chi connectivity index (χ0) is 18.0. The van der Waals surface area contributed by atoms with Gasteiger partial charge in [-0.1, -0.05) is 44.0 Å². The minimum Gasteiger partial charge on any atom is -0.316 e. The summed E-state index contributed by atoms with van der Waals surface area (Å²) >= 11 is 8.40. The first-order chi connectivity index (χ1) is 12.0. The second-order valence-electron chi connectivity index (χ2n) is 5.46. The summed E-state index contributed by atoms with van der Waals surface area (Å²) in [5.41, 5.74) is 2.82. The van der Waals surface area contributed by atoms with E-state index in [0.29, 0.717) is 5.56 Å². The first-order valence-electron chi connectivity index (χ1n) is 7.80. The van der Waals surface area contributed by atoms with Crippen molar-refractivity contribution < 1.29 is 4.79 Å². The Kier molecular flexibility index (Phi) is 5.71. The number of rotatable bonds is 3. The Labute approximate surface area is 167 Å². The summed E-state index contributed by atoms with van der Waals surface area (Å²) in [6.45, 7) is 4.89. The molecule has 0 spiro atoms. The lowest BCUT2D eigenvalue weighted by Gasteiger charge is -2.07. The van der Waals surface area contributed by atoms with Crippen molar-refractivity contribution in [1.82, 2.24) is 4.57 Å². The number of halogens is 2. The maximum atomic E-state index is 12.5. The molecule has 0 saturated carbocycles. The largest absolute Gasteiger partial charge is 0.316 e. The molecular weight excluding hydrogens is 464 g/mol.